The van der Waals surface area contributed by atoms with Crippen LogP contribution in [0.3, 0.4) is 0 Å². The number of rotatable bonds is 8. The molecule has 8 heteroatoms. The van der Waals surface area contributed by atoms with E-state index in [1.54, 1.807) is 11.0 Å². The molecule has 3 aromatic rings. The number of H-pyrrole nitrogens is 1. The largest absolute Gasteiger partial charge is 0.379 e. The van der Waals surface area contributed by atoms with Crippen LogP contribution in [-0.4, -0.2) is 71.5 Å². The van der Waals surface area contributed by atoms with E-state index in [2.05, 4.69) is 15.2 Å². The number of carbonyl (C=O) groups excluding carboxylic acids is 2. The highest BCUT2D eigenvalue weighted by molar-refractivity contribution is 7.10. The Labute approximate surface area is 211 Å². The third-order valence-corrected chi connectivity index (χ3v) is 6.82. The molecule has 2 aromatic heterocycles. The van der Waals surface area contributed by atoms with Crippen LogP contribution in [0.5, 0.6) is 0 Å². The second-order valence-electron chi connectivity index (χ2n) is 9.76. The minimum absolute atomic E-state index is 0.176. The fourth-order valence-corrected chi connectivity index (χ4v) is 5.03. The molecule has 1 aromatic carbocycles. The van der Waals surface area contributed by atoms with Crippen molar-refractivity contribution in [3.8, 4) is 11.3 Å². The van der Waals surface area contributed by atoms with Crippen molar-refractivity contribution in [3.63, 3.8) is 0 Å². The molecule has 35 heavy (non-hydrogen) atoms. The van der Waals surface area contributed by atoms with Gasteiger partial charge in [0.15, 0.2) is 0 Å². The van der Waals surface area contributed by atoms with Gasteiger partial charge in [-0.25, -0.2) is 0 Å². The Morgan fingerprint density at radius 3 is 2.49 bits per heavy atom. The quantitative estimate of drug-likeness (QED) is 0.493. The van der Waals surface area contributed by atoms with Gasteiger partial charge in [0.2, 0.25) is 5.91 Å². The average molecular weight is 495 g/mol. The fraction of sp³-hybridized carbons (Fsp3) is 0.407. The topological polar surface area (TPSA) is 77.7 Å². The molecule has 0 saturated carbocycles. The van der Waals surface area contributed by atoms with Crippen LogP contribution in [0.15, 0.2) is 60.0 Å². The summed E-state index contributed by atoms with van der Waals surface area (Å²) in [7, 11) is 0. The number of ether oxygens (including phenoxy) is 1. The summed E-state index contributed by atoms with van der Waals surface area (Å²) in [4.78, 5) is 35.6. The number of carbonyl (C=O) groups is 2. The van der Waals surface area contributed by atoms with E-state index >= 15 is 0 Å². The van der Waals surface area contributed by atoms with Gasteiger partial charge in [-0.1, -0.05) is 36.4 Å². The number of aromatic nitrogens is 1. The number of amides is 2. The van der Waals surface area contributed by atoms with Gasteiger partial charge in [-0.15, -0.1) is 11.3 Å². The van der Waals surface area contributed by atoms with Crippen LogP contribution in [0.1, 0.15) is 42.2 Å². The van der Waals surface area contributed by atoms with Crippen molar-refractivity contribution in [2.75, 3.05) is 39.4 Å². The first-order valence-electron chi connectivity index (χ1n) is 12.0. The van der Waals surface area contributed by atoms with Crippen LogP contribution >= 0.6 is 11.3 Å². The molecule has 2 amide bonds. The number of hydrogen-bond acceptors (Lipinski definition) is 5. The molecule has 0 bridgehead atoms. The zero-order chi connectivity index (χ0) is 24.8. The van der Waals surface area contributed by atoms with Crippen LogP contribution in [0.25, 0.3) is 11.3 Å². The van der Waals surface area contributed by atoms with E-state index in [1.807, 2.05) is 74.7 Å². The molecule has 1 aliphatic rings. The molecule has 1 atom stereocenters. The Balaban J connectivity index is 1.65. The molecule has 186 valence electrons. The van der Waals surface area contributed by atoms with Crippen molar-refractivity contribution < 1.29 is 14.3 Å². The van der Waals surface area contributed by atoms with E-state index in [0.717, 1.165) is 29.2 Å². The third kappa shape index (κ3) is 6.60. The van der Waals surface area contributed by atoms with Crippen molar-refractivity contribution in [2.24, 2.45) is 0 Å². The van der Waals surface area contributed by atoms with Gasteiger partial charge in [-0.2, -0.15) is 0 Å². The molecule has 0 radical (unpaired) electrons. The number of nitrogens with one attached hydrogen (secondary N) is 2. The standard InChI is InChI=1S/C27H34N4O3S/c1-27(2,3)29-25(32)24(23-10-7-19-35-23)31(14-13-30-15-17-34-18-16-30)26(33)22-12-11-21(28-22)20-8-5-4-6-9-20/h4-12,19,24,28H,13-18H2,1-3H3,(H,29,32). The predicted molar refractivity (Wildman–Crippen MR) is 139 cm³/mol. The Kier molecular flexibility index (Phi) is 8.05. The summed E-state index contributed by atoms with van der Waals surface area (Å²) in [5.74, 6) is -0.368. The summed E-state index contributed by atoms with van der Waals surface area (Å²) in [5, 5.41) is 5.04. The number of nitrogens with zero attached hydrogens (tertiary/aromatic N) is 2. The van der Waals surface area contributed by atoms with E-state index in [9.17, 15) is 9.59 Å². The Morgan fingerprint density at radius 1 is 1.09 bits per heavy atom. The maximum Gasteiger partial charge on any atom is 0.271 e. The number of thiophene rings is 1. The Hall–Kier alpha value is -2.94. The van der Waals surface area contributed by atoms with Crippen molar-refractivity contribution in [2.45, 2.75) is 32.4 Å². The van der Waals surface area contributed by atoms with Gasteiger partial charge < -0.3 is 19.9 Å². The highest BCUT2D eigenvalue weighted by atomic mass is 32.1. The Morgan fingerprint density at radius 2 is 1.83 bits per heavy atom. The minimum atomic E-state index is -0.716. The molecule has 1 aliphatic heterocycles. The molecule has 7 nitrogen and oxygen atoms in total. The summed E-state index contributed by atoms with van der Waals surface area (Å²) in [6, 6.07) is 16.8. The smallest absolute Gasteiger partial charge is 0.271 e. The van der Waals surface area contributed by atoms with Gasteiger partial charge >= 0.3 is 0 Å². The van der Waals surface area contributed by atoms with Crippen molar-refractivity contribution in [1.29, 1.82) is 0 Å². The van der Waals surface area contributed by atoms with Crippen LogP contribution in [0, 0.1) is 0 Å². The normalized spacial score (nSPS) is 15.5. The van der Waals surface area contributed by atoms with Crippen LogP contribution in [0.4, 0.5) is 0 Å². The lowest BCUT2D eigenvalue weighted by Gasteiger charge is -2.35. The first-order chi connectivity index (χ1) is 16.8. The summed E-state index contributed by atoms with van der Waals surface area (Å²) >= 11 is 1.49. The number of aromatic amines is 1. The third-order valence-electron chi connectivity index (χ3n) is 5.89. The molecule has 0 spiro atoms. The van der Waals surface area contributed by atoms with E-state index in [1.165, 1.54) is 11.3 Å². The molecule has 0 aliphatic carbocycles. The van der Waals surface area contributed by atoms with Crippen LogP contribution in [-0.2, 0) is 9.53 Å². The number of morpholine rings is 1. The SMILES string of the molecule is CC(C)(C)NC(=O)C(c1cccs1)N(CCN1CCOCC1)C(=O)c1ccc(-c2ccccc2)[nH]1. The van der Waals surface area contributed by atoms with Crippen molar-refractivity contribution >= 4 is 23.2 Å². The average Bonchev–Trinajstić information content (AvgIpc) is 3.54. The Bertz CT molecular complexity index is 1100. The van der Waals surface area contributed by atoms with Crippen LogP contribution < -0.4 is 5.32 Å². The summed E-state index contributed by atoms with van der Waals surface area (Å²) in [6.45, 7) is 9.97. The first-order valence-corrected chi connectivity index (χ1v) is 12.9. The predicted octanol–water partition coefficient (Wildman–Crippen LogP) is 4.17. The molecular weight excluding hydrogens is 460 g/mol. The first kappa shape index (κ1) is 25.2. The zero-order valence-electron chi connectivity index (χ0n) is 20.6. The summed E-state index contributed by atoms with van der Waals surface area (Å²) in [5.41, 5.74) is 1.93. The van der Waals surface area contributed by atoms with E-state index in [0.29, 0.717) is 32.0 Å². The van der Waals surface area contributed by atoms with E-state index in [-0.39, 0.29) is 11.8 Å². The lowest BCUT2D eigenvalue weighted by molar-refractivity contribution is -0.127. The second-order valence-corrected chi connectivity index (χ2v) is 10.7. The fourth-order valence-electron chi connectivity index (χ4n) is 4.19. The molecule has 3 heterocycles. The molecule has 1 saturated heterocycles. The zero-order valence-corrected chi connectivity index (χ0v) is 21.4. The number of hydrogen-bond donors (Lipinski definition) is 2. The molecule has 1 unspecified atom stereocenters. The van der Waals surface area contributed by atoms with Gasteiger partial charge in [-0.05, 0) is 49.9 Å². The lowest BCUT2D eigenvalue weighted by atomic mass is 10.1. The van der Waals surface area contributed by atoms with E-state index in [4.69, 9.17) is 4.74 Å². The second kappa shape index (κ2) is 11.2. The monoisotopic (exact) mass is 494 g/mol. The van der Waals surface area contributed by atoms with E-state index < -0.39 is 11.6 Å². The lowest BCUT2D eigenvalue weighted by Crippen LogP contribution is -2.51. The maximum atomic E-state index is 13.9. The maximum absolute atomic E-state index is 13.9. The van der Waals surface area contributed by atoms with Gasteiger partial charge in [-0.3, -0.25) is 14.5 Å². The van der Waals surface area contributed by atoms with Gasteiger partial charge in [0.05, 0.1) is 13.2 Å². The molecule has 1 fully saturated rings. The van der Waals surface area contributed by atoms with Crippen LogP contribution in [0.2, 0.25) is 0 Å². The molecular formula is C27H34N4O3S. The minimum Gasteiger partial charge on any atom is -0.379 e. The van der Waals surface area contributed by atoms with Crippen molar-refractivity contribution in [3.05, 3.63) is 70.5 Å². The highest BCUT2D eigenvalue weighted by Crippen LogP contribution is 2.29. The molecule has 4 rings (SSSR count). The summed E-state index contributed by atoms with van der Waals surface area (Å²) in [6.07, 6.45) is 0. The van der Waals surface area contributed by atoms with Gasteiger partial charge in [0.1, 0.15) is 11.7 Å². The van der Waals surface area contributed by atoms with Gasteiger partial charge in [0.25, 0.3) is 5.91 Å². The van der Waals surface area contributed by atoms with Crippen molar-refractivity contribution in [1.82, 2.24) is 20.1 Å². The number of benzene rings is 1. The molecule has 2 N–H and O–H groups in total. The summed E-state index contributed by atoms with van der Waals surface area (Å²) < 4.78 is 5.48. The van der Waals surface area contributed by atoms with Gasteiger partial charge in [0, 0.05) is 42.3 Å². The highest BCUT2D eigenvalue weighted by Gasteiger charge is 2.35.